The average molecular weight is 552 g/mol. The lowest BCUT2D eigenvalue weighted by atomic mass is 9.98. The van der Waals surface area contributed by atoms with Gasteiger partial charge in [-0.1, -0.05) is 39.5 Å². The molecular weight excluding hydrogens is 505 g/mol. The Morgan fingerprint density at radius 1 is 1.21 bits per heavy atom. The van der Waals surface area contributed by atoms with Crippen molar-refractivity contribution < 1.29 is 27.9 Å². The van der Waals surface area contributed by atoms with Crippen LogP contribution in [0.4, 0.5) is 0 Å². The Hall–Kier alpha value is -1.90. The number of methoxy groups -OCH3 is 1. The summed E-state index contributed by atoms with van der Waals surface area (Å²) in [6, 6.07) is 5.94. The molecule has 0 saturated heterocycles. The Bertz CT molecular complexity index is 1070. The molecule has 10 heteroatoms. The van der Waals surface area contributed by atoms with Gasteiger partial charge in [-0.2, -0.15) is 0 Å². The van der Waals surface area contributed by atoms with Gasteiger partial charge in [0.15, 0.2) is 0 Å². The maximum absolute atomic E-state index is 13.9. The number of carbonyl (C=O) groups excluding carboxylic acids is 1. The van der Waals surface area contributed by atoms with Crippen LogP contribution in [0.2, 0.25) is 0 Å². The first-order valence-electron chi connectivity index (χ1n) is 13.9. The van der Waals surface area contributed by atoms with E-state index in [4.69, 9.17) is 18.5 Å². The molecule has 2 atom stereocenters. The minimum atomic E-state index is -3.80. The molecule has 1 N–H and O–H groups in total. The molecule has 1 aliphatic carbocycles. The molecule has 1 aliphatic rings. The van der Waals surface area contributed by atoms with Crippen molar-refractivity contribution in [2.45, 2.75) is 90.6 Å². The monoisotopic (exact) mass is 551 g/mol. The fourth-order valence-corrected chi connectivity index (χ4v) is 6.23. The smallest absolute Gasteiger partial charge is 0.408 e. The quantitative estimate of drug-likeness (QED) is 0.204. The Kier molecular flexibility index (Phi) is 12.1. The standard InChI is InChI=1S/C28H46N3O6P/c1-6-11-23(7-2)36-28(32)19-29-38(33,37-24-12-9-8-10-13-24)35-21-31-20-22(16-17-30(3)4)26-15-14-25(34-5)18-27(26)31/h14-15,18,20,23-24H,6-13,16-17,19,21H2,1-5H3,(H,29,33). The third-order valence-electron chi connectivity index (χ3n) is 6.99. The summed E-state index contributed by atoms with van der Waals surface area (Å²) >= 11 is 0. The molecule has 214 valence electrons. The molecule has 2 unspecified atom stereocenters. The summed E-state index contributed by atoms with van der Waals surface area (Å²) in [5, 5.41) is 3.89. The minimum Gasteiger partial charge on any atom is -0.497 e. The number of carbonyl (C=O) groups is 1. The summed E-state index contributed by atoms with van der Waals surface area (Å²) < 4.78 is 38.9. The Morgan fingerprint density at radius 3 is 2.63 bits per heavy atom. The molecule has 38 heavy (non-hydrogen) atoms. The lowest BCUT2D eigenvalue weighted by Gasteiger charge is -2.27. The van der Waals surface area contributed by atoms with E-state index in [1.807, 2.05) is 50.0 Å². The van der Waals surface area contributed by atoms with Crippen LogP contribution in [0, 0.1) is 0 Å². The highest BCUT2D eigenvalue weighted by Gasteiger charge is 2.31. The van der Waals surface area contributed by atoms with Crippen molar-refractivity contribution in [2.75, 3.05) is 34.3 Å². The zero-order valence-corrected chi connectivity index (χ0v) is 24.6. The van der Waals surface area contributed by atoms with Gasteiger partial charge in [0.25, 0.3) is 0 Å². The van der Waals surface area contributed by atoms with E-state index >= 15 is 0 Å². The Morgan fingerprint density at radius 2 is 1.97 bits per heavy atom. The number of ether oxygens (including phenoxy) is 2. The molecule has 1 aromatic carbocycles. The number of likely N-dealkylation sites (N-methyl/N-ethyl adjacent to an activating group) is 1. The highest BCUT2D eigenvalue weighted by molar-refractivity contribution is 7.51. The van der Waals surface area contributed by atoms with Crippen LogP contribution in [-0.4, -0.2) is 61.9 Å². The number of hydrogen-bond acceptors (Lipinski definition) is 7. The van der Waals surface area contributed by atoms with Crippen LogP contribution in [-0.2, 0) is 36.3 Å². The number of benzene rings is 1. The summed E-state index contributed by atoms with van der Waals surface area (Å²) in [7, 11) is 1.93. The van der Waals surface area contributed by atoms with Gasteiger partial charge in [-0.3, -0.25) is 13.8 Å². The molecule has 9 nitrogen and oxygen atoms in total. The van der Waals surface area contributed by atoms with Gasteiger partial charge in [0.05, 0.1) is 18.7 Å². The predicted molar refractivity (Wildman–Crippen MR) is 150 cm³/mol. The van der Waals surface area contributed by atoms with Crippen molar-refractivity contribution in [3.63, 3.8) is 0 Å². The summed E-state index contributed by atoms with van der Waals surface area (Å²) in [5.41, 5.74) is 2.09. The van der Waals surface area contributed by atoms with Crippen molar-refractivity contribution in [1.29, 1.82) is 0 Å². The van der Waals surface area contributed by atoms with Gasteiger partial charge in [-0.15, -0.1) is 0 Å². The molecule has 1 saturated carbocycles. The fourth-order valence-electron chi connectivity index (χ4n) is 4.80. The highest BCUT2D eigenvalue weighted by Crippen LogP contribution is 2.47. The van der Waals surface area contributed by atoms with Gasteiger partial charge < -0.3 is 18.9 Å². The van der Waals surface area contributed by atoms with Crippen molar-refractivity contribution in [3.8, 4) is 5.75 Å². The maximum atomic E-state index is 13.9. The number of aromatic nitrogens is 1. The van der Waals surface area contributed by atoms with Gasteiger partial charge in [-0.05, 0) is 63.9 Å². The van der Waals surface area contributed by atoms with Crippen LogP contribution in [0.25, 0.3) is 10.9 Å². The van der Waals surface area contributed by atoms with Gasteiger partial charge >= 0.3 is 13.7 Å². The minimum absolute atomic E-state index is 0.00506. The number of rotatable bonds is 16. The molecule has 0 spiro atoms. The largest absolute Gasteiger partial charge is 0.497 e. The number of nitrogens with zero attached hydrogens (tertiary/aromatic N) is 2. The van der Waals surface area contributed by atoms with E-state index in [0.29, 0.717) is 0 Å². The zero-order chi connectivity index (χ0) is 27.5. The van der Waals surface area contributed by atoms with Crippen molar-refractivity contribution >= 4 is 24.6 Å². The van der Waals surface area contributed by atoms with Gasteiger partial charge in [0.1, 0.15) is 25.1 Å². The van der Waals surface area contributed by atoms with E-state index in [-0.39, 0.29) is 25.5 Å². The lowest BCUT2D eigenvalue weighted by molar-refractivity contribution is -0.148. The molecule has 0 aliphatic heterocycles. The highest BCUT2D eigenvalue weighted by atomic mass is 31.2. The second kappa shape index (κ2) is 15.0. The van der Waals surface area contributed by atoms with Gasteiger partial charge in [0.2, 0.25) is 0 Å². The number of fused-ring (bicyclic) bond motifs is 1. The van der Waals surface area contributed by atoms with E-state index in [0.717, 1.165) is 81.0 Å². The number of nitrogens with one attached hydrogen (secondary N) is 1. The van der Waals surface area contributed by atoms with E-state index in [1.54, 1.807) is 7.11 Å². The molecule has 1 fully saturated rings. The number of esters is 1. The number of hydrogen-bond donors (Lipinski definition) is 1. The lowest BCUT2D eigenvalue weighted by Crippen LogP contribution is -2.29. The Labute approximate surface area is 227 Å². The SMILES string of the molecule is CCCC(CC)OC(=O)CNP(=O)(OCn1cc(CCN(C)C)c2ccc(OC)cc21)OC1CCCCC1. The van der Waals surface area contributed by atoms with Gasteiger partial charge in [0, 0.05) is 24.2 Å². The molecule has 0 radical (unpaired) electrons. The predicted octanol–water partition coefficient (Wildman–Crippen LogP) is 5.90. The van der Waals surface area contributed by atoms with Crippen LogP contribution < -0.4 is 9.82 Å². The maximum Gasteiger partial charge on any atom is 0.408 e. The van der Waals surface area contributed by atoms with Crippen molar-refractivity contribution in [2.24, 2.45) is 0 Å². The van der Waals surface area contributed by atoms with E-state index in [9.17, 15) is 9.36 Å². The zero-order valence-electron chi connectivity index (χ0n) is 23.7. The second-order valence-electron chi connectivity index (χ2n) is 10.3. The van der Waals surface area contributed by atoms with Crippen LogP contribution in [0.1, 0.15) is 70.8 Å². The third-order valence-corrected chi connectivity index (χ3v) is 8.56. The third kappa shape index (κ3) is 9.09. The van der Waals surface area contributed by atoms with Crippen molar-refractivity contribution in [1.82, 2.24) is 14.6 Å². The Balaban J connectivity index is 1.77. The van der Waals surface area contributed by atoms with Crippen LogP contribution >= 0.6 is 7.75 Å². The van der Waals surface area contributed by atoms with Crippen LogP contribution in [0.3, 0.4) is 0 Å². The molecule has 0 bridgehead atoms. The van der Waals surface area contributed by atoms with E-state index < -0.39 is 13.7 Å². The molecule has 1 heterocycles. The summed E-state index contributed by atoms with van der Waals surface area (Å²) in [6.07, 6.45) is 9.90. The molecular formula is C28H46N3O6P. The molecule has 1 aromatic heterocycles. The average Bonchev–Trinajstić information content (AvgIpc) is 3.26. The molecule has 2 aromatic rings. The van der Waals surface area contributed by atoms with Crippen LogP contribution in [0.15, 0.2) is 24.4 Å². The second-order valence-corrected chi connectivity index (χ2v) is 12.1. The molecule has 3 rings (SSSR count). The normalized spacial score (nSPS) is 17.0. The van der Waals surface area contributed by atoms with Crippen LogP contribution in [0.5, 0.6) is 5.75 Å². The summed E-state index contributed by atoms with van der Waals surface area (Å²) in [4.78, 5) is 14.7. The van der Waals surface area contributed by atoms with E-state index in [2.05, 4.69) is 16.9 Å². The summed E-state index contributed by atoms with van der Waals surface area (Å²) in [6.45, 7) is 4.71. The topological polar surface area (TPSA) is 91.3 Å². The first kappa shape index (κ1) is 30.6. The molecule has 0 amide bonds. The fraction of sp³-hybridized carbons (Fsp3) is 0.679. The van der Waals surface area contributed by atoms with Gasteiger partial charge in [-0.25, -0.2) is 9.65 Å². The first-order valence-corrected chi connectivity index (χ1v) is 15.5. The summed E-state index contributed by atoms with van der Waals surface area (Å²) in [5.74, 6) is 0.277. The first-order chi connectivity index (χ1) is 18.3. The van der Waals surface area contributed by atoms with Crippen molar-refractivity contribution in [3.05, 3.63) is 30.0 Å². The van der Waals surface area contributed by atoms with E-state index in [1.165, 1.54) is 5.56 Å².